The maximum atomic E-state index is 13.0. The average molecular weight is 459 g/mol. The largest absolute Gasteiger partial charge is 0.416 e. The van der Waals surface area contributed by atoms with Crippen LogP contribution in [0.15, 0.2) is 70.4 Å². The van der Waals surface area contributed by atoms with Crippen LogP contribution in [0.5, 0.6) is 0 Å². The predicted octanol–water partition coefficient (Wildman–Crippen LogP) is 3.19. The smallest absolute Gasteiger partial charge is 0.277 e. The first kappa shape index (κ1) is 20.8. The second-order valence-corrected chi connectivity index (χ2v) is 8.16. The van der Waals surface area contributed by atoms with E-state index in [0.717, 1.165) is 17.1 Å². The molecule has 0 bridgehead atoms. The number of benzene rings is 2. The summed E-state index contributed by atoms with van der Waals surface area (Å²) in [6.07, 6.45) is 1.80. The standard InChI is InChI=1S/C23H17N5O4S/c29-18(25-17-9-1-2-11-24-17)13-33-23-27-26-19(32-23)10-12-28-21(30)15-7-3-5-14-6-4-8-16(20(14)15)22(28)31/h1-9,11H,10,12-13H2,(H,24,25,29). The molecule has 0 unspecified atom stereocenters. The van der Waals surface area contributed by atoms with Crippen molar-refractivity contribution in [2.75, 3.05) is 17.6 Å². The van der Waals surface area contributed by atoms with Gasteiger partial charge in [-0.15, -0.1) is 10.2 Å². The number of hydrogen-bond acceptors (Lipinski definition) is 8. The zero-order valence-corrected chi connectivity index (χ0v) is 18.0. The minimum absolute atomic E-state index is 0.0715. The minimum atomic E-state index is -0.343. The summed E-state index contributed by atoms with van der Waals surface area (Å²) < 4.78 is 5.57. The van der Waals surface area contributed by atoms with Gasteiger partial charge in [-0.1, -0.05) is 42.1 Å². The average Bonchev–Trinajstić information content (AvgIpc) is 3.29. The molecule has 0 aliphatic carbocycles. The second-order valence-electron chi connectivity index (χ2n) is 7.23. The van der Waals surface area contributed by atoms with E-state index in [-0.39, 0.29) is 47.6 Å². The minimum Gasteiger partial charge on any atom is -0.416 e. The summed E-state index contributed by atoms with van der Waals surface area (Å²) in [4.78, 5) is 43.2. The first-order valence-electron chi connectivity index (χ1n) is 10.1. The SMILES string of the molecule is O=C(CSc1nnc(CCN2C(=O)c3cccc4cccc(c34)C2=O)o1)Nc1ccccn1. The Labute approximate surface area is 192 Å². The summed E-state index contributed by atoms with van der Waals surface area (Å²) in [5.41, 5.74) is 1.01. The van der Waals surface area contributed by atoms with Gasteiger partial charge in [0.2, 0.25) is 11.8 Å². The van der Waals surface area contributed by atoms with E-state index < -0.39 is 0 Å². The molecule has 0 spiro atoms. The molecule has 33 heavy (non-hydrogen) atoms. The number of imide groups is 1. The fraction of sp³-hybridized carbons (Fsp3) is 0.130. The van der Waals surface area contributed by atoms with Crippen LogP contribution in [0.1, 0.15) is 26.6 Å². The molecule has 2 aromatic heterocycles. The lowest BCUT2D eigenvalue weighted by molar-refractivity contribution is -0.113. The molecular formula is C23H17N5O4S. The maximum absolute atomic E-state index is 13.0. The van der Waals surface area contributed by atoms with E-state index in [9.17, 15) is 14.4 Å². The lowest BCUT2D eigenvalue weighted by Gasteiger charge is -2.26. The van der Waals surface area contributed by atoms with Crippen LogP contribution in [0.3, 0.4) is 0 Å². The molecule has 4 aromatic rings. The monoisotopic (exact) mass is 459 g/mol. The van der Waals surface area contributed by atoms with Gasteiger partial charge in [0, 0.05) is 35.7 Å². The van der Waals surface area contributed by atoms with Crippen LogP contribution in [0.2, 0.25) is 0 Å². The molecule has 5 rings (SSSR count). The van der Waals surface area contributed by atoms with Gasteiger partial charge in [-0.2, -0.15) is 0 Å². The van der Waals surface area contributed by atoms with E-state index in [1.165, 1.54) is 4.90 Å². The quantitative estimate of drug-likeness (QED) is 0.331. The predicted molar refractivity (Wildman–Crippen MR) is 121 cm³/mol. The number of carbonyl (C=O) groups excluding carboxylic acids is 3. The molecule has 1 aliphatic rings. The van der Waals surface area contributed by atoms with Crippen LogP contribution in [0.25, 0.3) is 10.8 Å². The topological polar surface area (TPSA) is 118 Å². The van der Waals surface area contributed by atoms with Crippen molar-refractivity contribution in [2.24, 2.45) is 0 Å². The molecule has 0 saturated heterocycles. The number of hydrogen-bond donors (Lipinski definition) is 1. The van der Waals surface area contributed by atoms with Gasteiger partial charge >= 0.3 is 0 Å². The van der Waals surface area contributed by atoms with E-state index in [4.69, 9.17) is 4.42 Å². The van der Waals surface area contributed by atoms with E-state index in [1.807, 2.05) is 12.1 Å². The highest BCUT2D eigenvalue weighted by atomic mass is 32.2. The number of amides is 3. The maximum Gasteiger partial charge on any atom is 0.277 e. The van der Waals surface area contributed by atoms with Crippen molar-refractivity contribution < 1.29 is 18.8 Å². The molecule has 1 aliphatic heterocycles. The number of thioether (sulfide) groups is 1. The summed E-state index contributed by atoms with van der Waals surface area (Å²) in [5.74, 6) is -0.130. The van der Waals surface area contributed by atoms with Gasteiger partial charge in [0.25, 0.3) is 17.0 Å². The Morgan fingerprint density at radius 3 is 2.42 bits per heavy atom. The number of aromatic nitrogens is 3. The third-order valence-corrected chi connectivity index (χ3v) is 5.93. The number of anilines is 1. The Kier molecular flexibility index (Phi) is 5.57. The van der Waals surface area contributed by atoms with Crippen LogP contribution in [0, 0.1) is 0 Å². The highest BCUT2D eigenvalue weighted by Crippen LogP contribution is 2.30. The number of pyridine rings is 1. The third kappa shape index (κ3) is 4.20. The van der Waals surface area contributed by atoms with E-state index in [1.54, 1.807) is 48.7 Å². The zero-order valence-electron chi connectivity index (χ0n) is 17.2. The number of rotatable bonds is 7. The van der Waals surface area contributed by atoms with Crippen LogP contribution in [0.4, 0.5) is 5.82 Å². The van der Waals surface area contributed by atoms with Crippen molar-refractivity contribution in [1.29, 1.82) is 0 Å². The number of nitrogens with zero attached hydrogens (tertiary/aromatic N) is 4. The Hall–Kier alpha value is -4.05. The molecule has 0 radical (unpaired) electrons. The van der Waals surface area contributed by atoms with Crippen molar-refractivity contribution in [3.05, 3.63) is 77.8 Å². The van der Waals surface area contributed by atoms with Gasteiger partial charge < -0.3 is 9.73 Å². The molecule has 9 nitrogen and oxygen atoms in total. The molecule has 164 valence electrons. The Morgan fingerprint density at radius 1 is 0.970 bits per heavy atom. The second kappa shape index (κ2) is 8.83. The lowest BCUT2D eigenvalue weighted by Crippen LogP contribution is -2.41. The molecule has 3 amide bonds. The summed E-state index contributed by atoms with van der Waals surface area (Å²) in [6.45, 7) is 0.106. The molecule has 0 saturated carbocycles. The van der Waals surface area contributed by atoms with Crippen LogP contribution in [-0.2, 0) is 11.2 Å². The molecule has 2 aromatic carbocycles. The van der Waals surface area contributed by atoms with Gasteiger partial charge in [-0.05, 0) is 29.7 Å². The first-order chi connectivity index (χ1) is 16.1. The third-order valence-electron chi connectivity index (χ3n) is 5.11. The van der Waals surface area contributed by atoms with Crippen LogP contribution < -0.4 is 5.32 Å². The first-order valence-corrected chi connectivity index (χ1v) is 11.1. The van der Waals surface area contributed by atoms with Crippen molar-refractivity contribution in [2.45, 2.75) is 11.6 Å². The number of nitrogens with one attached hydrogen (secondary N) is 1. The fourth-order valence-electron chi connectivity index (χ4n) is 3.63. The van der Waals surface area contributed by atoms with Gasteiger partial charge in [0.15, 0.2) is 0 Å². The summed E-state index contributed by atoms with van der Waals surface area (Å²) in [5, 5.41) is 12.3. The van der Waals surface area contributed by atoms with Crippen molar-refractivity contribution >= 4 is 46.1 Å². The molecule has 10 heteroatoms. The van der Waals surface area contributed by atoms with Gasteiger partial charge in [-0.25, -0.2) is 4.98 Å². The Balaban J connectivity index is 1.21. The summed E-state index contributed by atoms with van der Waals surface area (Å²) in [7, 11) is 0. The van der Waals surface area contributed by atoms with E-state index in [0.29, 0.717) is 22.3 Å². The zero-order chi connectivity index (χ0) is 22.8. The molecule has 0 atom stereocenters. The normalized spacial score (nSPS) is 12.9. The van der Waals surface area contributed by atoms with Gasteiger partial charge in [0.05, 0.1) is 5.75 Å². The van der Waals surface area contributed by atoms with Crippen molar-refractivity contribution in [1.82, 2.24) is 20.1 Å². The van der Waals surface area contributed by atoms with Crippen LogP contribution in [-0.4, -0.2) is 50.1 Å². The van der Waals surface area contributed by atoms with E-state index in [2.05, 4.69) is 20.5 Å². The Bertz CT molecular complexity index is 1320. The van der Waals surface area contributed by atoms with Crippen LogP contribution >= 0.6 is 11.8 Å². The Morgan fingerprint density at radius 2 is 1.73 bits per heavy atom. The lowest BCUT2D eigenvalue weighted by atomic mass is 9.94. The highest BCUT2D eigenvalue weighted by molar-refractivity contribution is 7.99. The van der Waals surface area contributed by atoms with Crippen molar-refractivity contribution in [3.63, 3.8) is 0 Å². The number of carbonyl (C=O) groups is 3. The summed E-state index contributed by atoms with van der Waals surface area (Å²) in [6, 6.07) is 16.0. The molecular weight excluding hydrogens is 442 g/mol. The van der Waals surface area contributed by atoms with Crippen molar-refractivity contribution in [3.8, 4) is 0 Å². The fourth-order valence-corrected chi connectivity index (χ4v) is 4.21. The highest BCUT2D eigenvalue weighted by Gasteiger charge is 2.32. The molecule has 1 N–H and O–H groups in total. The molecule has 0 fully saturated rings. The van der Waals surface area contributed by atoms with Gasteiger partial charge in [-0.3, -0.25) is 19.3 Å². The summed E-state index contributed by atoms with van der Waals surface area (Å²) >= 11 is 1.09. The molecule has 3 heterocycles. The van der Waals surface area contributed by atoms with Gasteiger partial charge in [0.1, 0.15) is 5.82 Å². The van der Waals surface area contributed by atoms with E-state index >= 15 is 0 Å².